The third-order valence-corrected chi connectivity index (χ3v) is 3.77. The minimum Gasteiger partial charge on any atom is -0.487 e. The first-order valence-electron chi connectivity index (χ1n) is 7.28. The van der Waals surface area contributed by atoms with Crippen LogP contribution in [0.5, 0.6) is 5.75 Å². The van der Waals surface area contributed by atoms with Crippen LogP contribution in [0.2, 0.25) is 5.02 Å². The Kier molecular flexibility index (Phi) is 4.42. The smallest absolute Gasteiger partial charge is 0.130 e. The number of ether oxygens (including phenoxy) is 1. The Morgan fingerprint density at radius 2 is 2.05 bits per heavy atom. The molecule has 1 aliphatic carbocycles. The third kappa shape index (κ3) is 4.19. The molecule has 2 aromatic rings. The molecule has 1 heterocycles. The number of hydrogen-bond donors (Lipinski definition) is 1. The zero-order valence-corrected chi connectivity index (χ0v) is 12.9. The fourth-order valence-electron chi connectivity index (χ4n) is 2.13. The maximum Gasteiger partial charge on any atom is 0.130 e. The summed E-state index contributed by atoms with van der Waals surface area (Å²) in [4.78, 5) is 4.62. The summed E-state index contributed by atoms with van der Waals surface area (Å²) in [5, 5.41) is 4.16. The van der Waals surface area contributed by atoms with Crippen LogP contribution in [0.25, 0.3) is 0 Å². The van der Waals surface area contributed by atoms with Crippen LogP contribution >= 0.6 is 11.6 Å². The van der Waals surface area contributed by atoms with Gasteiger partial charge in [0.25, 0.3) is 0 Å². The molecule has 1 saturated carbocycles. The SMILES string of the molecule is Cc1ccc(Cl)cc1OCc1cccc(CNC2CC2)n1. The number of benzene rings is 1. The minimum atomic E-state index is 0.457. The summed E-state index contributed by atoms with van der Waals surface area (Å²) in [5.41, 5.74) is 3.07. The van der Waals surface area contributed by atoms with Gasteiger partial charge in [0.15, 0.2) is 0 Å². The quantitative estimate of drug-likeness (QED) is 0.879. The number of nitrogens with zero attached hydrogens (tertiary/aromatic N) is 1. The number of aryl methyl sites for hydroxylation is 1. The minimum absolute atomic E-state index is 0.457. The monoisotopic (exact) mass is 302 g/mol. The molecule has 0 aliphatic heterocycles. The average molecular weight is 303 g/mol. The van der Waals surface area contributed by atoms with Gasteiger partial charge in [0.2, 0.25) is 0 Å². The molecular weight excluding hydrogens is 284 g/mol. The van der Waals surface area contributed by atoms with Gasteiger partial charge in [0.1, 0.15) is 12.4 Å². The standard InChI is InChI=1S/C17H19ClN2O/c1-12-5-6-13(18)9-17(12)21-11-16-4-2-3-15(20-16)10-19-14-7-8-14/h2-6,9,14,19H,7-8,10-11H2,1H3. The lowest BCUT2D eigenvalue weighted by molar-refractivity contribution is 0.299. The van der Waals surface area contributed by atoms with Crippen molar-refractivity contribution in [2.24, 2.45) is 0 Å². The number of pyridine rings is 1. The van der Waals surface area contributed by atoms with Crippen molar-refractivity contribution in [3.05, 3.63) is 58.4 Å². The first kappa shape index (κ1) is 14.4. The van der Waals surface area contributed by atoms with Crippen LogP contribution in [0.3, 0.4) is 0 Å². The highest BCUT2D eigenvalue weighted by atomic mass is 35.5. The summed E-state index contributed by atoms with van der Waals surface area (Å²) in [6.07, 6.45) is 2.58. The summed E-state index contributed by atoms with van der Waals surface area (Å²) in [5.74, 6) is 0.811. The molecule has 0 atom stereocenters. The van der Waals surface area contributed by atoms with Gasteiger partial charge in [-0.1, -0.05) is 23.7 Å². The van der Waals surface area contributed by atoms with E-state index in [9.17, 15) is 0 Å². The van der Waals surface area contributed by atoms with Gasteiger partial charge in [-0.3, -0.25) is 4.98 Å². The number of aromatic nitrogens is 1. The molecule has 4 heteroatoms. The number of rotatable bonds is 6. The highest BCUT2D eigenvalue weighted by Gasteiger charge is 2.20. The maximum atomic E-state index is 6.00. The Bertz CT molecular complexity index is 626. The molecule has 0 bridgehead atoms. The number of hydrogen-bond acceptors (Lipinski definition) is 3. The zero-order chi connectivity index (χ0) is 14.7. The van der Waals surface area contributed by atoms with Gasteiger partial charge in [-0.2, -0.15) is 0 Å². The van der Waals surface area contributed by atoms with E-state index in [0.717, 1.165) is 29.2 Å². The predicted octanol–water partition coefficient (Wildman–Crippen LogP) is 3.87. The van der Waals surface area contributed by atoms with E-state index in [1.807, 2.05) is 43.3 Å². The first-order chi connectivity index (χ1) is 10.2. The van der Waals surface area contributed by atoms with Gasteiger partial charge in [-0.05, 0) is 49.6 Å². The molecule has 1 aromatic heterocycles. The maximum absolute atomic E-state index is 6.00. The Morgan fingerprint density at radius 3 is 2.86 bits per heavy atom. The molecule has 0 amide bonds. The van der Waals surface area contributed by atoms with Crippen LogP contribution < -0.4 is 10.1 Å². The van der Waals surface area contributed by atoms with Crippen LogP contribution in [-0.2, 0) is 13.2 Å². The molecule has 21 heavy (non-hydrogen) atoms. The third-order valence-electron chi connectivity index (χ3n) is 3.54. The molecule has 1 N–H and O–H groups in total. The Morgan fingerprint density at radius 1 is 1.24 bits per heavy atom. The molecule has 0 radical (unpaired) electrons. The van der Waals surface area contributed by atoms with Crippen molar-refractivity contribution in [3.8, 4) is 5.75 Å². The van der Waals surface area contributed by atoms with Crippen molar-refractivity contribution < 1.29 is 4.74 Å². The van der Waals surface area contributed by atoms with Crippen LogP contribution in [0.1, 0.15) is 29.8 Å². The van der Waals surface area contributed by atoms with E-state index >= 15 is 0 Å². The normalized spacial score (nSPS) is 14.2. The molecule has 1 aromatic carbocycles. The molecule has 0 spiro atoms. The van der Waals surface area contributed by atoms with Crippen LogP contribution in [0.15, 0.2) is 36.4 Å². The van der Waals surface area contributed by atoms with E-state index in [4.69, 9.17) is 16.3 Å². The summed E-state index contributed by atoms with van der Waals surface area (Å²) in [6.45, 7) is 3.29. The molecule has 110 valence electrons. The van der Waals surface area contributed by atoms with Crippen molar-refractivity contribution in [3.63, 3.8) is 0 Å². The highest BCUT2D eigenvalue weighted by molar-refractivity contribution is 6.30. The van der Waals surface area contributed by atoms with Gasteiger partial charge in [-0.25, -0.2) is 0 Å². The Labute approximate surface area is 130 Å². The molecular formula is C17H19ClN2O. The van der Waals surface area contributed by atoms with Gasteiger partial charge in [0, 0.05) is 17.6 Å². The molecule has 0 unspecified atom stereocenters. The summed E-state index contributed by atoms with van der Waals surface area (Å²) in [7, 11) is 0. The van der Waals surface area contributed by atoms with E-state index in [1.165, 1.54) is 12.8 Å². The second kappa shape index (κ2) is 6.46. The lowest BCUT2D eigenvalue weighted by Gasteiger charge is -2.10. The van der Waals surface area contributed by atoms with Crippen molar-refractivity contribution in [1.82, 2.24) is 10.3 Å². The van der Waals surface area contributed by atoms with E-state index in [0.29, 0.717) is 17.7 Å². The van der Waals surface area contributed by atoms with E-state index in [-0.39, 0.29) is 0 Å². The van der Waals surface area contributed by atoms with Crippen molar-refractivity contribution in [1.29, 1.82) is 0 Å². The lowest BCUT2D eigenvalue weighted by Crippen LogP contribution is -2.16. The lowest BCUT2D eigenvalue weighted by atomic mass is 10.2. The zero-order valence-electron chi connectivity index (χ0n) is 12.1. The van der Waals surface area contributed by atoms with Gasteiger partial charge >= 0.3 is 0 Å². The predicted molar refractivity (Wildman–Crippen MR) is 84.6 cm³/mol. The van der Waals surface area contributed by atoms with Crippen LogP contribution in [-0.4, -0.2) is 11.0 Å². The van der Waals surface area contributed by atoms with Gasteiger partial charge < -0.3 is 10.1 Å². The van der Waals surface area contributed by atoms with E-state index < -0.39 is 0 Å². The summed E-state index contributed by atoms with van der Waals surface area (Å²) >= 11 is 6.00. The van der Waals surface area contributed by atoms with Crippen molar-refractivity contribution >= 4 is 11.6 Å². The van der Waals surface area contributed by atoms with Gasteiger partial charge in [-0.15, -0.1) is 0 Å². The van der Waals surface area contributed by atoms with Crippen LogP contribution in [0, 0.1) is 6.92 Å². The fraction of sp³-hybridized carbons (Fsp3) is 0.353. The number of halogens is 1. The second-order valence-electron chi connectivity index (χ2n) is 5.47. The molecule has 0 saturated heterocycles. The summed E-state index contributed by atoms with van der Waals surface area (Å²) < 4.78 is 5.83. The van der Waals surface area contributed by atoms with Crippen LogP contribution in [0.4, 0.5) is 0 Å². The number of nitrogens with one attached hydrogen (secondary N) is 1. The molecule has 3 nitrogen and oxygen atoms in total. The average Bonchev–Trinajstić information content (AvgIpc) is 3.31. The summed E-state index contributed by atoms with van der Waals surface area (Å²) in [6, 6.07) is 12.4. The van der Waals surface area contributed by atoms with Crippen molar-refractivity contribution in [2.45, 2.75) is 39.0 Å². The Hall–Kier alpha value is -1.58. The highest BCUT2D eigenvalue weighted by Crippen LogP contribution is 2.23. The van der Waals surface area contributed by atoms with Gasteiger partial charge in [0.05, 0.1) is 11.4 Å². The van der Waals surface area contributed by atoms with E-state index in [2.05, 4.69) is 10.3 Å². The molecule has 1 fully saturated rings. The molecule has 1 aliphatic rings. The fourth-order valence-corrected chi connectivity index (χ4v) is 2.29. The van der Waals surface area contributed by atoms with E-state index in [1.54, 1.807) is 0 Å². The van der Waals surface area contributed by atoms with Crippen molar-refractivity contribution in [2.75, 3.05) is 0 Å². The Balaban J connectivity index is 1.61. The second-order valence-corrected chi connectivity index (χ2v) is 5.91. The first-order valence-corrected chi connectivity index (χ1v) is 7.65. The topological polar surface area (TPSA) is 34.1 Å². The largest absolute Gasteiger partial charge is 0.487 e. The molecule has 3 rings (SSSR count).